The zero-order valence-electron chi connectivity index (χ0n) is 16.8. The van der Waals surface area contributed by atoms with Crippen LogP contribution in [0.3, 0.4) is 0 Å². The number of ether oxygens (including phenoxy) is 2. The largest absolute Gasteiger partial charge is 0.497 e. The van der Waals surface area contributed by atoms with Crippen LogP contribution in [0.1, 0.15) is 41.7 Å². The number of carbonyl (C=O) groups excluding carboxylic acids is 1. The van der Waals surface area contributed by atoms with Crippen LogP contribution in [0.5, 0.6) is 11.5 Å². The van der Waals surface area contributed by atoms with Crippen molar-refractivity contribution in [2.75, 3.05) is 27.3 Å². The summed E-state index contributed by atoms with van der Waals surface area (Å²) >= 11 is 0. The van der Waals surface area contributed by atoms with E-state index >= 15 is 0 Å². The minimum atomic E-state index is -3.62. The van der Waals surface area contributed by atoms with E-state index in [0.717, 1.165) is 24.2 Å². The first kappa shape index (κ1) is 21.1. The topological polar surface area (TPSA) is 84.9 Å². The molecule has 0 aliphatic carbocycles. The Morgan fingerprint density at radius 2 is 1.69 bits per heavy atom. The van der Waals surface area contributed by atoms with E-state index in [1.54, 1.807) is 7.11 Å². The van der Waals surface area contributed by atoms with Crippen LogP contribution < -0.4 is 14.8 Å². The van der Waals surface area contributed by atoms with Gasteiger partial charge in [-0.05, 0) is 55.7 Å². The van der Waals surface area contributed by atoms with Crippen molar-refractivity contribution in [2.45, 2.75) is 30.7 Å². The van der Waals surface area contributed by atoms with Gasteiger partial charge in [0.1, 0.15) is 11.5 Å². The standard InChI is InChI=1S/C21H26N2O5S/c1-15(16-6-8-17(27-2)9-7-16)22-21(24)19-14-18(10-11-20(19)28-3)29(25,26)23-12-4-5-13-23/h6-11,14-15H,4-5,12-13H2,1-3H3,(H,22,24)/t15-/m0/s1. The molecule has 7 nitrogen and oxygen atoms in total. The lowest BCUT2D eigenvalue weighted by atomic mass is 10.1. The molecule has 0 aromatic heterocycles. The molecule has 1 saturated heterocycles. The van der Waals surface area contributed by atoms with E-state index < -0.39 is 15.9 Å². The third-order valence-electron chi connectivity index (χ3n) is 5.08. The number of nitrogens with zero attached hydrogens (tertiary/aromatic N) is 1. The number of benzene rings is 2. The van der Waals surface area contributed by atoms with Crippen molar-refractivity contribution in [1.29, 1.82) is 0 Å². The van der Waals surface area contributed by atoms with Gasteiger partial charge in [0.25, 0.3) is 5.91 Å². The summed E-state index contributed by atoms with van der Waals surface area (Å²) in [6.07, 6.45) is 1.70. The zero-order chi connectivity index (χ0) is 21.0. The fourth-order valence-corrected chi connectivity index (χ4v) is 4.90. The highest BCUT2D eigenvalue weighted by molar-refractivity contribution is 7.89. The number of sulfonamides is 1. The summed E-state index contributed by atoms with van der Waals surface area (Å²) < 4.78 is 37.6. The van der Waals surface area contributed by atoms with Crippen LogP contribution in [0.4, 0.5) is 0 Å². The molecule has 3 rings (SSSR count). The minimum absolute atomic E-state index is 0.0995. The van der Waals surface area contributed by atoms with Gasteiger partial charge >= 0.3 is 0 Å². The summed E-state index contributed by atoms with van der Waals surface area (Å²) in [5, 5.41) is 2.90. The Morgan fingerprint density at radius 1 is 1.03 bits per heavy atom. The van der Waals surface area contributed by atoms with Crippen molar-refractivity contribution in [3.05, 3.63) is 53.6 Å². The molecule has 0 spiro atoms. The molecule has 2 aromatic rings. The van der Waals surface area contributed by atoms with Crippen LogP contribution >= 0.6 is 0 Å². The second kappa shape index (κ2) is 8.84. The van der Waals surface area contributed by atoms with Crippen molar-refractivity contribution in [3.8, 4) is 11.5 Å². The molecule has 0 bridgehead atoms. The molecule has 1 heterocycles. The molecule has 1 amide bonds. The van der Waals surface area contributed by atoms with Gasteiger partial charge in [-0.25, -0.2) is 8.42 Å². The molecule has 1 aliphatic rings. The second-order valence-corrected chi connectivity index (χ2v) is 8.88. The monoisotopic (exact) mass is 418 g/mol. The average molecular weight is 419 g/mol. The maximum absolute atomic E-state index is 12.9. The van der Waals surface area contributed by atoms with Crippen LogP contribution in [0.2, 0.25) is 0 Å². The number of hydrogen-bond acceptors (Lipinski definition) is 5. The van der Waals surface area contributed by atoms with E-state index in [1.165, 1.54) is 29.6 Å². The highest BCUT2D eigenvalue weighted by Gasteiger charge is 2.28. The Balaban J connectivity index is 1.84. The van der Waals surface area contributed by atoms with Crippen molar-refractivity contribution >= 4 is 15.9 Å². The van der Waals surface area contributed by atoms with Gasteiger partial charge in [-0.15, -0.1) is 0 Å². The molecular formula is C21H26N2O5S. The number of amides is 1. The molecule has 2 aromatic carbocycles. The van der Waals surface area contributed by atoms with Gasteiger partial charge in [-0.2, -0.15) is 4.31 Å². The Bertz CT molecular complexity index is 967. The van der Waals surface area contributed by atoms with Crippen LogP contribution in [0, 0.1) is 0 Å². The molecule has 1 N–H and O–H groups in total. The van der Waals surface area contributed by atoms with Gasteiger partial charge in [0.2, 0.25) is 10.0 Å². The van der Waals surface area contributed by atoms with E-state index in [2.05, 4.69) is 5.32 Å². The first-order chi connectivity index (χ1) is 13.9. The summed E-state index contributed by atoms with van der Waals surface area (Å²) in [5.41, 5.74) is 1.09. The van der Waals surface area contributed by atoms with Crippen molar-refractivity contribution in [3.63, 3.8) is 0 Å². The maximum Gasteiger partial charge on any atom is 0.255 e. The first-order valence-electron chi connectivity index (χ1n) is 9.50. The first-order valence-corrected chi connectivity index (χ1v) is 10.9. The predicted molar refractivity (Wildman–Crippen MR) is 110 cm³/mol. The molecule has 8 heteroatoms. The quantitative estimate of drug-likeness (QED) is 0.747. The molecule has 1 fully saturated rings. The van der Waals surface area contributed by atoms with Crippen LogP contribution in [0.15, 0.2) is 47.4 Å². The Hall–Kier alpha value is -2.58. The normalized spacial score (nSPS) is 15.7. The lowest BCUT2D eigenvalue weighted by molar-refractivity contribution is 0.0936. The fourth-order valence-electron chi connectivity index (χ4n) is 3.35. The summed E-state index contributed by atoms with van der Waals surface area (Å²) in [6.45, 7) is 2.87. The van der Waals surface area contributed by atoms with Crippen LogP contribution in [-0.2, 0) is 10.0 Å². The number of nitrogens with one attached hydrogen (secondary N) is 1. The lowest BCUT2D eigenvalue weighted by Crippen LogP contribution is -2.29. The molecule has 1 atom stereocenters. The van der Waals surface area contributed by atoms with E-state index in [1.807, 2.05) is 31.2 Å². The van der Waals surface area contributed by atoms with Gasteiger partial charge in [-0.3, -0.25) is 4.79 Å². The highest BCUT2D eigenvalue weighted by atomic mass is 32.2. The van der Waals surface area contributed by atoms with Gasteiger partial charge in [-0.1, -0.05) is 12.1 Å². The summed E-state index contributed by atoms with van der Waals surface area (Å²) in [7, 11) is -0.579. The summed E-state index contributed by atoms with van der Waals surface area (Å²) in [4.78, 5) is 13.0. The highest BCUT2D eigenvalue weighted by Crippen LogP contribution is 2.27. The van der Waals surface area contributed by atoms with Gasteiger partial charge in [0.05, 0.1) is 30.7 Å². The third-order valence-corrected chi connectivity index (χ3v) is 6.98. The lowest BCUT2D eigenvalue weighted by Gasteiger charge is -2.19. The molecular weight excluding hydrogens is 392 g/mol. The van der Waals surface area contributed by atoms with Gasteiger partial charge < -0.3 is 14.8 Å². The van der Waals surface area contributed by atoms with E-state index in [-0.39, 0.29) is 16.5 Å². The summed E-state index contributed by atoms with van der Waals surface area (Å²) in [6, 6.07) is 11.5. The van der Waals surface area contributed by atoms with E-state index in [0.29, 0.717) is 18.8 Å². The molecule has 29 heavy (non-hydrogen) atoms. The van der Waals surface area contributed by atoms with Crippen LogP contribution in [0.25, 0.3) is 0 Å². The Labute approximate surface area is 171 Å². The molecule has 0 saturated carbocycles. The molecule has 156 valence electrons. The minimum Gasteiger partial charge on any atom is -0.497 e. The van der Waals surface area contributed by atoms with Crippen molar-refractivity contribution < 1.29 is 22.7 Å². The average Bonchev–Trinajstić information content (AvgIpc) is 3.29. The molecule has 1 aliphatic heterocycles. The molecule has 0 radical (unpaired) electrons. The second-order valence-electron chi connectivity index (χ2n) is 6.94. The van der Waals surface area contributed by atoms with Crippen molar-refractivity contribution in [1.82, 2.24) is 9.62 Å². The maximum atomic E-state index is 12.9. The SMILES string of the molecule is COc1ccc([C@H](C)NC(=O)c2cc(S(=O)(=O)N3CCCC3)ccc2OC)cc1. The van der Waals surface area contributed by atoms with Gasteiger partial charge in [0.15, 0.2) is 0 Å². The van der Waals surface area contributed by atoms with Crippen molar-refractivity contribution in [2.24, 2.45) is 0 Å². The number of rotatable bonds is 7. The third kappa shape index (κ3) is 4.54. The Kier molecular flexibility index (Phi) is 6.44. The number of hydrogen-bond donors (Lipinski definition) is 1. The fraction of sp³-hybridized carbons (Fsp3) is 0.381. The van der Waals surface area contributed by atoms with Gasteiger partial charge in [0, 0.05) is 13.1 Å². The molecule has 0 unspecified atom stereocenters. The summed E-state index contributed by atoms with van der Waals surface area (Å²) in [5.74, 6) is 0.655. The Morgan fingerprint density at radius 3 is 2.28 bits per heavy atom. The zero-order valence-corrected chi connectivity index (χ0v) is 17.7. The van der Waals surface area contributed by atoms with E-state index in [9.17, 15) is 13.2 Å². The number of carbonyl (C=O) groups is 1. The number of methoxy groups -OCH3 is 2. The predicted octanol–water partition coefficient (Wildman–Crippen LogP) is 2.98. The van der Waals surface area contributed by atoms with E-state index in [4.69, 9.17) is 9.47 Å². The van der Waals surface area contributed by atoms with Crippen LogP contribution in [-0.4, -0.2) is 45.9 Å². The smallest absolute Gasteiger partial charge is 0.255 e.